The third-order valence-electron chi connectivity index (χ3n) is 5.17. The zero-order chi connectivity index (χ0) is 21.8. The highest BCUT2D eigenvalue weighted by Crippen LogP contribution is 2.73. The molecule has 30 heavy (non-hydrogen) atoms. The monoisotopic (exact) mass is 435 g/mol. The van der Waals surface area contributed by atoms with Crippen LogP contribution in [-0.2, 0) is 26.6 Å². The lowest BCUT2D eigenvalue weighted by atomic mass is 10.2. The van der Waals surface area contributed by atoms with Crippen LogP contribution in [0.25, 0.3) is 0 Å². The molecule has 0 aromatic heterocycles. The molecular weight excluding hydrogens is 411 g/mol. The molecule has 3 rings (SSSR count). The summed E-state index contributed by atoms with van der Waals surface area (Å²) in [5.74, 6) is -1.99. The maximum atomic E-state index is 14.2. The number of carbonyl (C=O) groups excluding carboxylic acids is 1. The normalized spacial score (nSPS) is 22.0. The highest BCUT2D eigenvalue weighted by Gasteiger charge is 2.66. The van der Waals surface area contributed by atoms with Gasteiger partial charge in [0.15, 0.2) is 0 Å². The number of hydrogen-bond acceptors (Lipinski definition) is 4. The van der Waals surface area contributed by atoms with Gasteiger partial charge in [-0.25, -0.2) is 13.6 Å². The Morgan fingerprint density at radius 2 is 1.90 bits per heavy atom. The molecule has 0 saturated heterocycles. The Labute approximate surface area is 174 Å². The Kier molecular flexibility index (Phi) is 6.74. The molecule has 5 nitrogen and oxygen atoms in total. The zero-order valence-electron chi connectivity index (χ0n) is 16.6. The van der Waals surface area contributed by atoms with Crippen molar-refractivity contribution in [2.45, 2.75) is 31.4 Å². The molecule has 1 fully saturated rings. The number of amides is 1. The molecule has 0 bridgehead atoms. The van der Waals surface area contributed by atoms with Crippen LogP contribution in [0.1, 0.15) is 24.5 Å². The summed E-state index contributed by atoms with van der Waals surface area (Å²) in [5, 5.41) is 1.35. The molecule has 160 valence electrons. The van der Waals surface area contributed by atoms with Gasteiger partial charge in [-0.05, 0) is 31.0 Å². The third kappa shape index (κ3) is 4.47. The van der Waals surface area contributed by atoms with E-state index in [1.807, 2.05) is 18.2 Å². The maximum Gasteiger partial charge on any atom is 0.408 e. The van der Waals surface area contributed by atoms with E-state index in [9.17, 15) is 18.1 Å². The topological polar surface area (TPSA) is 64.6 Å². The van der Waals surface area contributed by atoms with E-state index in [-0.39, 0.29) is 31.1 Å². The first-order chi connectivity index (χ1) is 14.3. The van der Waals surface area contributed by atoms with E-state index in [1.165, 1.54) is 6.07 Å². The van der Waals surface area contributed by atoms with Crippen LogP contribution in [0.5, 0.6) is 0 Å². The zero-order valence-corrected chi connectivity index (χ0v) is 17.5. The van der Waals surface area contributed by atoms with Crippen LogP contribution in [0.15, 0.2) is 61.2 Å². The van der Waals surface area contributed by atoms with Crippen molar-refractivity contribution in [1.82, 2.24) is 5.32 Å². The number of nitrogens with one attached hydrogen (secondary N) is 1. The number of ether oxygens (including phenoxy) is 1. The Morgan fingerprint density at radius 1 is 1.23 bits per heavy atom. The first kappa shape index (κ1) is 22.2. The van der Waals surface area contributed by atoms with Gasteiger partial charge in [0.2, 0.25) is 7.37 Å². The van der Waals surface area contributed by atoms with Crippen LogP contribution < -0.4 is 5.32 Å². The van der Waals surface area contributed by atoms with Gasteiger partial charge in [-0.2, -0.15) is 0 Å². The van der Waals surface area contributed by atoms with Crippen LogP contribution >= 0.6 is 7.37 Å². The Hall–Kier alpha value is -2.50. The summed E-state index contributed by atoms with van der Waals surface area (Å²) in [4.78, 5) is 12.5. The molecule has 3 atom stereocenters. The fourth-order valence-electron chi connectivity index (χ4n) is 3.51. The van der Waals surface area contributed by atoms with Gasteiger partial charge in [-0.3, -0.25) is 4.57 Å². The van der Waals surface area contributed by atoms with E-state index in [2.05, 4.69) is 11.9 Å². The number of carbonyl (C=O) groups is 1. The Bertz CT molecular complexity index is 949. The number of rotatable bonds is 9. The lowest BCUT2D eigenvalue weighted by Crippen LogP contribution is -2.39. The Balaban J connectivity index is 1.83. The second kappa shape index (κ2) is 9.11. The minimum atomic E-state index is -3.77. The first-order valence-corrected chi connectivity index (χ1v) is 11.4. The number of hydrogen-bond donors (Lipinski definition) is 1. The third-order valence-corrected chi connectivity index (χ3v) is 8.42. The van der Waals surface area contributed by atoms with E-state index in [0.717, 1.165) is 17.7 Å². The van der Waals surface area contributed by atoms with Crippen LogP contribution in [0.2, 0.25) is 0 Å². The van der Waals surface area contributed by atoms with E-state index >= 15 is 0 Å². The summed E-state index contributed by atoms with van der Waals surface area (Å²) in [5.41, 5.74) is 0.460. The molecule has 2 aromatic carbocycles. The van der Waals surface area contributed by atoms with Crippen LogP contribution in [0.3, 0.4) is 0 Å². The molecule has 8 heteroatoms. The largest absolute Gasteiger partial charge is 0.445 e. The van der Waals surface area contributed by atoms with Crippen molar-refractivity contribution < 1.29 is 27.4 Å². The van der Waals surface area contributed by atoms with Crippen molar-refractivity contribution in [2.75, 3.05) is 6.61 Å². The minimum Gasteiger partial charge on any atom is -0.445 e. The van der Waals surface area contributed by atoms with E-state index < -0.39 is 36.5 Å². The van der Waals surface area contributed by atoms with Crippen molar-refractivity contribution in [3.8, 4) is 0 Å². The van der Waals surface area contributed by atoms with E-state index in [4.69, 9.17) is 9.26 Å². The molecule has 2 aromatic rings. The number of halogens is 2. The van der Waals surface area contributed by atoms with Crippen LogP contribution in [0.4, 0.5) is 13.6 Å². The summed E-state index contributed by atoms with van der Waals surface area (Å²) in [6.45, 7) is 5.44. The molecule has 0 radical (unpaired) electrons. The fourth-order valence-corrected chi connectivity index (χ4v) is 6.60. The lowest BCUT2D eigenvalue weighted by Gasteiger charge is -2.29. The van der Waals surface area contributed by atoms with Crippen LogP contribution in [0, 0.1) is 17.6 Å². The van der Waals surface area contributed by atoms with Crippen molar-refractivity contribution in [3.63, 3.8) is 0 Å². The fraction of sp³-hybridized carbons (Fsp3) is 0.318. The molecule has 1 N–H and O–H groups in total. The predicted octanol–water partition coefficient (Wildman–Crippen LogP) is 5.61. The van der Waals surface area contributed by atoms with E-state index in [0.29, 0.717) is 0 Å². The van der Waals surface area contributed by atoms with Gasteiger partial charge in [-0.15, -0.1) is 6.58 Å². The molecule has 0 aliphatic heterocycles. The number of benzene rings is 2. The van der Waals surface area contributed by atoms with Crippen molar-refractivity contribution in [1.29, 1.82) is 0 Å². The molecule has 1 saturated carbocycles. The highest BCUT2D eigenvalue weighted by molar-refractivity contribution is 7.60. The minimum absolute atomic E-state index is 0.0301. The first-order valence-electron chi connectivity index (χ1n) is 9.63. The summed E-state index contributed by atoms with van der Waals surface area (Å²) in [7, 11) is -3.77. The standard InChI is InChI=1S/C22H24F2NO4P/c1-3-17-13-22(17,25-21(26)28-14-16-9-6-5-7-10-16)30(27,29-4-2)15-18-19(23)11-8-12-20(18)24/h3,5-12,17H,1,4,13-15H2,2H3,(H,25,26). The van der Waals surface area contributed by atoms with Gasteiger partial charge in [0.1, 0.15) is 23.5 Å². The SMILES string of the molecule is C=CC1CC1(NC(=O)OCc1ccccc1)P(=O)(Cc1c(F)cccc1F)OCC. The van der Waals surface area contributed by atoms with Gasteiger partial charge < -0.3 is 14.6 Å². The molecular formula is C22H24F2NO4P. The average Bonchev–Trinajstić information content (AvgIpc) is 3.45. The second-order valence-corrected chi connectivity index (χ2v) is 9.83. The summed E-state index contributed by atoms with van der Waals surface area (Å²) in [6, 6.07) is 12.5. The molecule has 0 heterocycles. The number of alkyl carbamates (subject to hydrolysis) is 1. The lowest BCUT2D eigenvalue weighted by molar-refractivity contribution is 0.136. The van der Waals surface area contributed by atoms with Crippen LogP contribution in [-0.4, -0.2) is 18.0 Å². The molecule has 3 unspecified atom stereocenters. The van der Waals surface area contributed by atoms with Crippen molar-refractivity contribution in [2.24, 2.45) is 5.92 Å². The summed E-state index contributed by atoms with van der Waals surface area (Å²) < 4.78 is 53.2. The van der Waals surface area contributed by atoms with Crippen molar-refractivity contribution in [3.05, 3.63) is 83.9 Å². The van der Waals surface area contributed by atoms with Crippen molar-refractivity contribution >= 4 is 13.5 Å². The van der Waals surface area contributed by atoms with Gasteiger partial charge in [0, 0.05) is 11.5 Å². The average molecular weight is 435 g/mol. The van der Waals surface area contributed by atoms with E-state index in [1.54, 1.807) is 25.1 Å². The smallest absolute Gasteiger partial charge is 0.408 e. The highest BCUT2D eigenvalue weighted by atomic mass is 31.2. The Morgan fingerprint density at radius 3 is 2.47 bits per heavy atom. The summed E-state index contributed by atoms with van der Waals surface area (Å²) >= 11 is 0. The second-order valence-electron chi connectivity index (χ2n) is 7.11. The quantitative estimate of drug-likeness (QED) is 0.411. The maximum absolute atomic E-state index is 14.2. The molecule has 1 aliphatic carbocycles. The van der Waals surface area contributed by atoms with Gasteiger partial charge in [0.25, 0.3) is 0 Å². The predicted molar refractivity (Wildman–Crippen MR) is 110 cm³/mol. The van der Waals surface area contributed by atoms with Gasteiger partial charge in [-0.1, -0.05) is 42.5 Å². The molecule has 0 spiro atoms. The summed E-state index contributed by atoms with van der Waals surface area (Å²) in [6.07, 6.45) is 0.575. The van der Waals surface area contributed by atoms with Gasteiger partial charge in [0.05, 0.1) is 12.8 Å². The molecule has 1 aliphatic rings. The van der Waals surface area contributed by atoms with Gasteiger partial charge >= 0.3 is 6.09 Å². The molecule has 1 amide bonds.